The highest BCUT2D eigenvalue weighted by Crippen LogP contribution is 2.29. The maximum Gasteiger partial charge on any atom is 0.126 e. The first-order chi connectivity index (χ1) is 7.74. The standard InChI is InChI=1S/C12H14N4/c1-16-6-9-3-2-8(4-10(9)7-16)11-5-14-15-12(11)13/h2-5H,6-7H2,1H3,(H3,13,14,15). The first-order valence-corrected chi connectivity index (χ1v) is 5.33. The van der Waals surface area contributed by atoms with E-state index in [0.717, 1.165) is 24.2 Å². The van der Waals surface area contributed by atoms with Crippen molar-refractivity contribution in [2.24, 2.45) is 0 Å². The van der Waals surface area contributed by atoms with Gasteiger partial charge in [0.05, 0.1) is 6.20 Å². The number of nitrogens with two attached hydrogens (primary N) is 1. The molecule has 0 unspecified atom stereocenters. The zero-order chi connectivity index (χ0) is 11.1. The number of benzene rings is 1. The number of rotatable bonds is 1. The summed E-state index contributed by atoms with van der Waals surface area (Å²) >= 11 is 0. The molecule has 2 aromatic rings. The number of nitrogens with zero attached hydrogens (tertiary/aromatic N) is 2. The molecule has 4 heteroatoms. The first-order valence-electron chi connectivity index (χ1n) is 5.33. The van der Waals surface area contributed by atoms with Gasteiger partial charge < -0.3 is 5.73 Å². The van der Waals surface area contributed by atoms with Crippen molar-refractivity contribution in [1.82, 2.24) is 15.1 Å². The lowest BCUT2D eigenvalue weighted by Gasteiger charge is -2.03. The fourth-order valence-electron chi connectivity index (χ4n) is 2.26. The fourth-order valence-corrected chi connectivity index (χ4v) is 2.26. The molecule has 1 aliphatic heterocycles. The fraction of sp³-hybridized carbons (Fsp3) is 0.250. The van der Waals surface area contributed by atoms with Gasteiger partial charge >= 0.3 is 0 Å². The molecular weight excluding hydrogens is 200 g/mol. The molecule has 0 bridgehead atoms. The van der Waals surface area contributed by atoms with Crippen molar-refractivity contribution in [1.29, 1.82) is 0 Å². The maximum absolute atomic E-state index is 5.82. The number of aromatic amines is 1. The lowest BCUT2D eigenvalue weighted by atomic mass is 10.0. The van der Waals surface area contributed by atoms with E-state index >= 15 is 0 Å². The van der Waals surface area contributed by atoms with Gasteiger partial charge in [-0.1, -0.05) is 12.1 Å². The molecule has 1 aliphatic rings. The first kappa shape index (κ1) is 9.42. The van der Waals surface area contributed by atoms with E-state index < -0.39 is 0 Å². The van der Waals surface area contributed by atoms with E-state index in [4.69, 9.17) is 5.73 Å². The lowest BCUT2D eigenvalue weighted by molar-refractivity contribution is 0.353. The third-order valence-electron chi connectivity index (χ3n) is 3.07. The van der Waals surface area contributed by atoms with Crippen LogP contribution in [-0.2, 0) is 13.1 Å². The molecule has 0 aliphatic carbocycles. The van der Waals surface area contributed by atoms with Gasteiger partial charge in [0.1, 0.15) is 5.82 Å². The van der Waals surface area contributed by atoms with Gasteiger partial charge in [-0.2, -0.15) is 5.10 Å². The van der Waals surface area contributed by atoms with E-state index in [-0.39, 0.29) is 0 Å². The van der Waals surface area contributed by atoms with E-state index in [1.165, 1.54) is 11.1 Å². The predicted molar refractivity (Wildman–Crippen MR) is 63.6 cm³/mol. The van der Waals surface area contributed by atoms with Gasteiger partial charge in [0.15, 0.2) is 0 Å². The summed E-state index contributed by atoms with van der Waals surface area (Å²) in [6.45, 7) is 2.05. The number of H-pyrrole nitrogens is 1. The summed E-state index contributed by atoms with van der Waals surface area (Å²) in [6, 6.07) is 6.50. The Kier molecular flexibility index (Phi) is 1.97. The molecule has 4 nitrogen and oxygen atoms in total. The molecule has 3 N–H and O–H groups in total. The Morgan fingerprint density at radius 3 is 2.88 bits per heavy atom. The molecule has 1 aromatic heterocycles. The van der Waals surface area contributed by atoms with Crippen LogP contribution in [0.3, 0.4) is 0 Å². The van der Waals surface area contributed by atoms with Gasteiger partial charge in [0.2, 0.25) is 0 Å². The SMILES string of the molecule is CN1Cc2ccc(-c3cn[nH]c3N)cc2C1. The number of hydrogen-bond donors (Lipinski definition) is 2. The van der Waals surface area contributed by atoms with E-state index in [9.17, 15) is 0 Å². The van der Waals surface area contributed by atoms with Gasteiger partial charge in [-0.25, -0.2) is 0 Å². The van der Waals surface area contributed by atoms with Crippen LogP contribution in [0.25, 0.3) is 11.1 Å². The van der Waals surface area contributed by atoms with Crippen molar-refractivity contribution in [3.63, 3.8) is 0 Å². The van der Waals surface area contributed by atoms with Gasteiger partial charge in [-0.3, -0.25) is 10.00 Å². The normalized spacial score (nSPS) is 15.3. The third-order valence-corrected chi connectivity index (χ3v) is 3.07. The number of aromatic nitrogens is 2. The number of hydrogen-bond acceptors (Lipinski definition) is 3. The molecule has 0 atom stereocenters. The maximum atomic E-state index is 5.82. The van der Waals surface area contributed by atoms with Crippen LogP contribution in [0.15, 0.2) is 24.4 Å². The molecule has 3 rings (SSSR count). The minimum absolute atomic E-state index is 0.631. The second-order valence-corrected chi connectivity index (χ2v) is 4.35. The monoisotopic (exact) mass is 214 g/mol. The summed E-state index contributed by atoms with van der Waals surface area (Å²) in [5, 5.41) is 6.71. The van der Waals surface area contributed by atoms with Crippen molar-refractivity contribution in [2.75, 3.05) is 12.8 Å². The van der Waals surface area contributed by atoms with Crippen LogP contribution in [0, 0.1) is 0 Å². The highest BCUT2D eigenvalue weighted by atomic mass is 15.1. The molecular formula is C12H14N4. The minimum atomic E-state index is 0.631. The Morgan fingerprint density at radius 2 is 2.12 bits per heavy atom. The molecule has 0 spiro atoms. The summed E-state index contributed by atoms with van der Waals surface area (Å²) in [6.07, 6.45) is 1.77. The Labute approximate surface area is 94.1 Å². The number of nitrogens with one attached hydrogen (secondary N) is 1. The zero-order valence-electron chi connectivity index (χ0n) is 9.20. The van der Waals surface area contributed by atoms with Crippen LogP contribution in [-0.4, -0.2) is 22.1 Å². The Hall–Kier alpha value is -1.81. The van der Waals surface area contributed by atoms with Crippen LogP contribution in [0.5, 0.6) is 0 Å². The Balaban J connectivity index is 2.06. The molecule has 2 heterocycles. The lowest BCUT2D eigenvalue weighted by Crippen LogP contribution is -2.07. The van der Waals surface area contributed by atoms with Gasteiger partial charge in [-0.05, 0) is 29.8 Å². The van der Waals surface area contributed by atoms with Crippen molar-refractivity contribution < 1.29 is 0 Å². The van der Waals surface area contributed by atoms with Gasteiger partial charge in [0, 0.05) is 18.7 Å². The van der Waals surface area contributed by atoms with Crippen LogP contribution in [0.4, 0.5) is 5.82 Å². The van der Waals surface area contributed by atoms with Crippen LogP contribution >= 0.6 is 0 Å². The van der Waals surface area contributed by atoms with Gasteiger partial charge in [0.25, 0.3) is 0 Å². The second kappa shape index (κ2) is 3.35. The van der Waals surface area contributed by atoms with Crippen LogP contribution in [0.2, 0.25) is 0 Å². The summed E-state index contributed by atoms with van der Waals surface area (Å²) in [5.74, 6) is 0.631. The average Bonchev–Trinajstić information content (AvgIpc) is 2.81. The summed E-state index contributed by atoms with van der Waals surface area (Å²) in [5.41, 5.74) is 10.7. The number of anilines is 1. The smallest absolute Gasteiger partial charge is 0.126 e. The van der Waals surface area contributed by atoms with E-state index in [1.54, 1.807) is 6.20 Å². The minimum Gasteiger partial charge on any atom is -0.384 e. The number of nitrogen functional groups attached to an aromatic ring is 1. The molecule has 0 saturated carbocycles. The topological polar surface area (TPSA) is 57.9 Å². The van der Waals surface area contributed by atoms with E-state index in [1.807, 2.05) is 0 Å². The molecule has 0 radical (unpaired) electrons. The molecule has 0 amide bonds. The average molecular weight is 214 g/mol. The third kappa shape index (κ3) is 1.39. The molecule has 82 valence electrons. The van der Waals surface area contributed by atoms with Gasteiger partial charge in [-0.15, -0.1) is 0 Å². The quantitative estimate of drug-likeness (QED) is 0.758. The predicted octanol–water partition coefficient (Wildman–Crippen LogP) is 1.60. The molecule has 0 fully saturated rings. The Morgan fingerprint density at radius 1 is 1.31 bits per heavy atom. The van der Waals surface area contributed by atoms with Crippen molar-refractivity contribution in [3.05, 3.63) is 35.5 Å². The van der Waals surface area contributed by atoms with E-state index in [0.29, 0.717) is 5.82 Å². The van der Waals surface area contributed by atoms with Crippen molar-refractivity contribution in [3.8, 4) is 11.1 Å². The summed E-state index contributed by atoms with van der Waals surface area (Å²) in [4.78, 5) is 2.30. The highest BCUT2D eigenvalue weighted by molar-refractivity contribution is 5.73. The second-order valence-electron chi connectivity index (χ2n) is 4.35. The van der Waals surface area contributed by atoms with Crippen molar-refractivity contribution in [2.45, 2.75) is 13.1 Å². The van der Waals surface area contributed by atoms with Crippen molar-refractivity contribution >= 4 is 5.82 Å². The molecule has 0 saturated heterocycles. The molecule has 16 heavy (non-hydrogen) atoms. The summed E-state index contributed by atoms with van der Waals surface area (Å²) in [7, 11) is 2.13. The Bertz CT molecular complexity index is 530. The van der Waals surface area contributed by atoms with E-state index in [2.05, 4.69) is 40.3 Å². The number of fused-ring (bicyclic) bond motifs is 1. The van der Waals surface area contributed by atoms with Crippen LogP contribution < -0.4 is 5.73 Å². The zero-order valence-corrected chi connectivity index (χ0v) is 9.20. The van der Waals surface area contributed by atoms with Crippen LogP contribution in [0.1, 0.15) is 11.1 Å². The largest absolute Gasteiger partial charge is 0.384 e. The summed E-state index contributed by atoms with van der Waals surface area (Å²) < 4.78 is 0. The highest BCUT2D eigenvalue weighted by Gasteiger charge is 2.16. The molecule has 1 aromatic carbocycles.